The lowest BCUT2D eigenvalue weighted by Crippen LogP contribution is -2.44. The average molecular weight is 651 g/mol. The summed E-state index contributed by atoms with van der Waals surface area (Å²) in [7, 11) is 0. The highest BCUT2D eigenvalue weighted by Gasteiger charge is 2.39. The molecule has 0 unspecified atom stereocenters. The Morgan fingerprint density at radius 3 is 2.35 bits per heavy atom. The first-order valence-electron chi connectivity index (χ1n) is 6.33. The molecular formula is C15H12I3NO4. The molecule has 8 heteroatoms. The van der Waals surface area contributed by atoms with Crippen molar-refractivity contribution in [3.8, 4) is 17.2 Å². The second kappa shape index (κ2) is 7.70. The number of hydrogen-bond acceptors (Lipinski definition) is 4. The van der Waals surface area contributed by atoms with Gasteiger partial charge in [-0.25, -0.2) is 4.79 Å². The first-order valence-corrected chi connectivity index (χ1v) is 9.73. The van der Waals surface area contributed by atoms with Gasteiger partial charge in [-0.15, -0.1) is 0 Å². The summed E-state index contributed by atoms with van der Waals surface area (Å²) in [6.07, 6.45) is 0. The molecule has 0 spiro atoms. The van der Waals surface area contributed by atoms with Gasteiger partial charge in [0, 0.05) is 0 Å². The Morgan fingerprint density at radius 2 is 1.83 bits per heavy atom. The van der Waals surface area contributed by atoms with Crippen molar-refractivity contribution in [2.24, 2.45) is 5.73 Å². The summed E-state index contributed by atoms with van der Waals surface area (Å²) >= 11 is 5.85. The Bertz CT molecular complexity index is 719. The third-order valence-corrected chi connectivity index (χ3v) is 7.83. The number of carbonyl (C=O) groups is 1. The van der Waals surface area contributed by atoms with Crippen LogP contribution in [0.15, 0.2) is 42.5 Å². The lowest BCUT2D eigenvalue weighted by Gasteiger charge is -2.24. The lowest BCUT2D eigenvalue weighted by molar-refractivity contribution is -0.139. The van der Waals surface area contributed by atoms with E-state index in [1.807, 2.05) is 22.6 Å². The highest BCUT2D eigenvalue weighted by Crippen LogP contribution is 2.39. The third kappa shape index (κ3) is 4.60. The van der Waals surface area contributed by atoms with E-state index in [0.717, 1.165) is 9.13 Å². The van der Waals surface area contributed by atoms with Crippen molar-refractivity contribution in [2.75, 3.05) is 0 Å². The Hall–Kier alpha value is -0.340. The Labute approximate surface area is 174 Å². The van der Waals surface area contributed by atoms with Gasteiger partial charge in [-0.2, -0.15) is 0 Å². The molecule has 0 aliphatic carbocycles. The number of aromatic hydroxyl groups is 1. The summed E-state index contributed by atoms with van der Waals surface area (Å²) in [6, 6.07) is 12.0. The largest absolute Gasteiger partial charge is 0.508 e. The second-order valence-electron chi connectivity index (χ2n) is 4.72. The molecule has 0 saturated carbocycles. The fraction of sp³-hybridized carbons (Fsp3) is 0.133. The number of hydrogen-bond donors (Lipinski definition) is 3. The quantitative estimate of drug-likeness (QED) is 0.253. The fourth-order valence-corrected chi connectivity index (χ4v) is 3.41. The van der Waals surface area contributed by atoms with Gasteiger partial charge in [-0.05, 0) is 81.1 Å². The summed E-state index contributed by atoms with van der Waals surface area (Å²) in [4.78, 5) is 11.2. The van der Waals surface area contributed by atoms with Gasteiger partial charge >= 0.3 is 5.97 Å². The zero-order chi connectivity index (χ0) is 17.2. The van der Waals surface area contributed by atoms with Crippen molar-refractivity contribution < 1.29 is 19.7 Å². The van der Waals surface area contributed by atoms with Crippen LogP contribution in [0.3, 0.4) is 0 Å². The molecular weight excluding hydrogens is 639 g/mol. The van der Waals surface area contributed by atoms with Gasteiger partial charge in [-0.3, -0.25) is 0 Å². The van der Waals surface area contributed by atoms with Crippen LogP contribution >= 0.6 is 67.8 Å². The van der Waals surface area contributed by atoms with Gasteiger partial charge in [0.1, 0.15) is 17.2 Å². The Kier molecular flexibility index (Phi) is 6.35. The predicted molar refractivity (Wildman–Crippen MR) is 113 cm³/mol. The van der Waals surface area contributed by atoms with E-state index in [9.17, 15) is 15.0 Å². The SMILES string of the molecule is N[C@](I)(C(=O)O)[C@@H](I)c1ccc(Oc2ccc(O)cc2I)cc1. The second-order valence-corrected chi connectivity index (χ2v) is 8.91. The van der Waals surface area contributed by atoms with Crippen molar-refractivity contribution in [1.82, 2.24) is 0 Å². The minimum absolute atomic E-state index is 0.180. The molecule has 0 amide bonds. The van der Waals surface area contributed by atoms with Crippen molar-refractivity contribution >= 4 is 73.7 Å². The molecule has 0 aliphatic heterocycles. The molecule has 0 aliphatic rings. The predicted octanol–water partition coefficient (Wildman–Crippen LogP) is 4.44. The van der Waals surface area contributed by atoms with E-state index in [1.165, 1.54) is 0 Å². The molecule has 2 atom stereocenters. The number of carboxylic acids is 1. The maximum Gasteiger partial charge on any atom is 0.335 e. The van der Waals surface area contributed by atoms with E-state index >= 15 is 0 Å². The van der Waals surface area contributed by atoms with Gasteiger partial charge in [0.15, 0.2) is 3.55 Å². The van der Waals surface area contributed by atoms with Gasteiger partial charge in [-0.1, -0.05) is 34.7 Å². The summed E-state index contributed by atoms with van der Waals surface area (Å²) in [5.74, 6) is 0.374. The topological polar surface area (TPSA) is 92.8 Å². The van der Waals surface area contributed by atoms with Gasteiger partial charge in [0.25, 0.3) is 0 Å². The molecule has 4 N–H and O–H groups in total. The molecule has 0 heterocycles. The summed E-state index contributed by atoms with van der Waals surface area (Å²) < 4.78 is 4.78. The highest BCUT2D eigenvalue weighted by molar-refractivity contribution is 14.1. The van der Waals surface area contributed by atoms with E-state index < -0.39 is 9.51 Å². The molecule has 0 saturated heterocycles. The number of phenols is 1. The molecule has 23 heavy (non-hydrogen) atoms. The standard InChI is InChI=1S/C15H12I3NO4/c16-11-7-9(20)3-6-12(11)23-10-4-1-8(2-5-10)13(17)15(18,19)14(21)22/h1-7,13,20H,19H2,(H,21,22)/t13-,15-/m0/s1. The number of alkyl halides is 2. The van der Waals surface area contributed by atoms with Crippen molar-refractivity contribution in [1.29, 1.82) is 0 Å². The molecule has 2 rings (SSSR count). The summed E-state index contributed by atoms with van der Waals surface area (Å²) in [6.45, 7) is 0. The van der Waals surface area contributed by atoms with Crippen molar-refractivity contribution in [3.05, 3.63) is 51.6 Å². The molecule has 0 radical (unpaired) electrons. The van der Waals surface area contributed by atoms with Crippen LogP contribution in [-0.2, 0) is 4.79 Å². The number of aliphatic carboxylic acids is 1. The lowest BCUT2D eigenvalue weighted by atomic mass is 10.1. The smallest absolute Gasteiger partial charge is 0.335 e. The van der Waals surface area contributed by atoms with Crippen LogP contribution in [0.4, 0.5) is 0 Å². The molecule has 2 aromatic carbocycles. The molecule has 122 valence electrons. The van der Waals surface area contributed by atoms with Crippen LogP contribution in [-0.4, -0.2) is 19.7 Å². The molecule has 0 aromatic heterocycles. The van der Waals surface area contributed by atoms with Crippen molar-refractivity contribution in [3.63, 3.8) is 0 Å². The van der Waals surface area contributed by atoms with Crippen LogP contribution in [0.2, 0.25) is 0 Å². The van der Waals surface area contributed by atoms with Crippen LogP contribution in [0.1, 0.15) is 9.49 Å². The number of carboxylic acid groups (broad SMARTS) is 1. The number of rotatable bonds is 5. The zero-order valence-corrected chi connectivity index (χ0v) is 18.0. The van der Waals surface area contributed by atoms with Gasteiger partial charge in [0.05, 0.1) is 7.49 Å². The number of nitrogens with two attached hydrogens (primary N) is 1. The number of phenolic OH excluding ortho intramolecular Hbond substituents is 1. The maximum absolute atomic E-state index is 11.2. The van der Waals surface area contributed by atoms with Crippen LogP contribution in [0.25, 0.3) is 0 Å². The minimum atomic E-state index is -1.38. The Morgan fingerprint density at radius 1 is 1.22 bits per heavy atom. The first kappa shape index (κ1) is 19.0. The summed E-state index contributed by atoms with van der Waals surface area (Å²) in [5.41, 5.74) is 6.66. The van der Waals surface area contributed by atoms with Gasteiger partial charge < -0.3 is 20.7 Å². The van der Waals surface area contributed by atoms with Crippen LogP contribution < -0.4 is 10.5 Å². The van der Waals surface area contributed by atoms with E-state index in [1.54, 1.807) is 65.1 Å². The van der Waals surface area contributed by atoms with Crippen LogP contribution in [0.5, 0.6) is 17.2 Å². The third-order valence-electron chi connectivity index (χ3n) is 3.01. The number of benzene rings is 2. The number of ether oxygens (including phenoxy) is 1. The normalized spacial score (nSPS) is 14.8. The minimum Gasteiger partial charge on any atom is -0.508 e. The van der Waals surface area contributed by atoms with Crippen molar-refractivity contribution in [2.45, 2.75) is 7.47 Å². The van der Waals surface area contributed by atoms with E-state index in [2.05, 4.69) is 22.6 Å². The highest BCUT2D eigenvalue weighted by atomic mass is 127. The zero-order valence-electron chi connectivity index (χ0n) is 11.5. The van der Waals surface area contributed by atoms with E-state index in [-0.39, 0.29) is 9.67 Å². The summed E-state index contributed by atoms with van der Waals surface area (Å²) in [5, 5.41) is 18.6. The monoisotopic (exact) mass is 651 g/mol. The molecule has 0 fully saturated rings. The Balaban J connectivity index is 2.18. The molecule has 5 nitrogen and oxygen atoms in total. The number of halogens is 3. The van der Waals surface area contributed by atoms with E-state index in [4.69, 9.17) is 10.5 Å². The van der Waals surface area contributed by atoms with Crippen LogP contribution in [0, 0.1) is 3.57 Å². The fourth-order valence-electron chi connectivity index (χ4n) is 1.76. The first-order chi connectivity index (χ1) is 10.7. The van der Waals surface area contributed by atoms with Gasteiger partial charge in [0.2, 0.25) is 0 Å². The average Bonchev–Trinajstić information content (AvgIpc) is 2.50. The molecule has 0 bridgehead atoms. The maximum atomic E-state index is 11.2. The van der Waals surface area contributed by atoms with E-state index in [0.29, 0.717) is 11.5 Å². The molecule has 2 aromatic rings.